The Morgan fingerprint density at radius 3 is 2.90 bits per heavy atom. The summed E-state index contributed by atoms with van der Waals surface area (Å²) in [5.41, 5.74) is 0.994. The number of aromatic amines is 1. The first-order valence-electron chi connectivity index (χ1n) is 9.62. The van der Waals surface area contributed by atoms with Crippen LogP contribution in [0.1, 0.15) is 11.3 Å². The van der Waals surface area contributed by atoms with E-state index in [0.717, 1.165) is 19.4 Å². The van der Waals surface area contributed by atoms with Crippen LogP contribution in [-0.4, -0.2) is 25.6 Å². The largest absolute Gasteiger partial charge is 0.369 e. The van der Waals surface area contributed by atoms with Gasteiger partial charge in [0.25, 0.3) is 0 Å². The summed E-state index contributed by atoms with van der Waals surface area (Å²) < 4.78 is 17.8. The van der Waals surface area contributed by atoms with Crippen LogP contribution in [0.5, 0.6) is 0 Å². The van der Waals surface area contributed by atoms with Crippen molar-refractivity contribution in [2.45, 2.75) is 25.9 Å². The van der Waals surface area contributed by atoms with Crippen molar-refractivity contribution in [3.63, 3.8) is 0 Å². The molecule has 3 heterocycles. The molecule has 0 fully saturated rings. The second kappa shape index (κ2) is 9.32. The molecule has 0 aliphatic rings. The van der Waals surface area contributed by atoms with Gasteiger partial charge in [-0.2, -0.15) is 0 Å². The number of aromatic nitrogens is 4. The molecule has 0 bridgehead atoms. The van der Waals surface area contributed by atoms with Crippen molar-refractivity contribution in [1.29, 1.82) is 0 Å². The van der Waals surface area contributed by atoms with Crippen LogP contribution in [-0.2, 0) is 19.5 Å². The average Bonchev–Trinajstić information content (AvgIpc) is 3.48. The van der Waals surface area contributed by atoms with E-state index < -0.39 is 5.82 Å². The van der Waals surface area contributed by atoms with Gasteiger partial charge in [-0.15, -0.1) is 11.3 Å². The number of H-pyrrole nitrogens is 1. The number of imidazole rings is 2. The summed E-state index contributed by atoms with van der Waals surface area (Å²) in [5, 5.41) is 5.40. The Labute approximate surface area is 182 Å². The van der Waals surface area contributed by atoms with Gasteiger partial charge < -0.3 is 9.88 Å². The van der Waals surface area contributed by atoms with Gasteiger partial charge in [0.1, 0.15) is 11.6 Å². The van der Waals surface area contributed by atoms with E-state index in [9.17, 15) is 9.18 Å². The summed E-state index contributed by atoms with van der Waals surface area (Å²) in [5.74, 6) is 0.0678. The number of aryl methyl sites for hydroxylation is 1. The number of hydrogen-bond donors (Lipinski definition) is 2. The minimum absolute atomic E-state index is 0.0514. The van der Waals surface area contributed by atoms with E-state index in [2.05, 4.69) is 21.4 Å². The van der Waals surface area contributed by atoms with Crippen molar-refractivity contribution in [1.82, 2.24) is 19.1 Å². The highest BCUT2D eigenvalue weighted by atomic mass is 35.5. The Morgan fingerprint density at radius 2 is 2.17 bits per heavy atom. The Bertz CT molecular complexity index is 1150. The van der Waals surface area contributed by atoms with Crippen LogP contribution in [0.3, 0.4) is 0 Å². The monoisotopic (exact) mass is 445 g/mol. The summed E-state index contributed by atoms with van der Waals surface area (Å²) in [4.78, 5) is 20.9. The predicted molar refractivity (Wildman–Crippen MR) is 119 cm³/mol. The van der Waals surface area contributed by atoms with Crippen LogP contribution in [0, 0.1) is 5.82 Å². The molecule has 3 aromatic heterocycles. The number of nitrogens with one attached hydrogen (secondary N) is 2. The molecule has 0 saturated carbocycles. The van der Waals surface area contributed by atoms with Crippen LogP contribution in [0.15, 0.2) is 59.2 Å². The highest BCUT2D eigenvalue weighted by molar-refractivity contribution is 7.09. The van der Waals surface area contributed by atoms with Crippen LogP contribution in [0.25, 0.3) is 11.3 Å². The Hall–Kier alpha value is -2.84. The fourth-order valence-corrected chi connectivity index (χ4v) is 4.18. The van der Waals surface area contributed by atoms with E-state index in [-0.39, 0.29) is 10.7 Å². The smallest absolute Gasteiger partial charge is 0.327 e. The first-order chi connectivity index (χ1) is 14.6. The molecule has 0 unspecified atom stereocenters. The number of thiophene rings is 1. The number of nitrogens with zero attached hydrogens (tertiary/aromatic N) is 3. The van der Waals surface area contributed by atoms with Gasteiger partial charge in [-0.25, -0.2) is 14.2 Å². The second-order valence-electron chi connectivity index (χ2n) is 6.84. The van der Waals surface area contributed by atoms with Crippen molar-refractivity contribution in [3.05, 3.63) is 80.6 Å². The van der Waals surface area contributed by atoms with Crippen molar-refractivity contribution < 1.29 is 4.39 Å². The molecule has 6 nitrogen and oxygen atoms in total. The van der Waals surface area contributed by atoms with Gasteiger partial charge in [-0.1, -0.05) is 23.7 Å². The normalized spacial score (nSPS) is 11.1. The molecule has 2 N–H and O–H groups in total. The summed E-state index contributed by atoms with van der Waals surface area (Å²) in [6, 6.07) is 8.69. The third-order valence-corrected chi connectivity index (χ3v) is 6.03. The molecule has 9 heteroatoms. The molecule has 0 saturated heterocycles. The molecule has 1 aromatic carbocycles. The zero-order valence-electron chi connectivity index (χ0n) is 16.1. The minimum Gasteiger partial charge on any atom is -0.369 e. The van der Waals surface area contributed by atoms with E-state index in [1.54, 1.807) is 34.5 Å². The van der Waals surface area contributed by atoms with E-state index >= 15 is 0 Å². The van der Waals surface area contributed by atoms with Gasteiger partial charge in [-0.3, -0.25) is 9.55 Å². The number of halogens is 2. The molecular weight excluding hydrogens is 425 g/mol. The second-order valence-corrected chi connectivity index (χ2v) is 8.28. The zero-order valence-corrected chi connectivity index (χ0v) is 17.7. The van der Waals surface area contributed by atoms with Gasteiger partial charge in [0.15, 0.2) is 0 Å². The maximum Gasteiger partial charge on any atom is 0.327 e. The summed E-state index contributed by atoms with van der Waals surface area (Å²) in [6.45, 7) is 1.87. The Kier molecular flexibility index (Phi) is 6.35. The quantitative estimate of drug-likeness (QED) is 0.394. The van der Waals surface area contributed by atoms with E-state index in [4.69, 9.17) is 11.6 Å². The summed E-state index contributed by atoms with van der Waals surface area (Å²) in [7, 11) is 0. The van der Waals surface area contributed by atoms with Crippen molar-refractivity contribution in [3.8, 4) is 11.3 Å². The van der Waals surface area contributed by atoms with Gasteiger partial charge in [0, 0.05) is 42.5 Å². The maximum atomic E-state index is 14.2. The fraction of sp³-hybridized carbons (Fsp3) is 0.238. The first kappa shape index (κ1) is 20.4. The molecule has 0 amide bonds. The standard InChI is InChI=1S/C21H21ClFN5OS/c22-17-5-4-15(13-18(17)23)19-20(25-7-6-16-3-1-12-30-16)26-21(29)28(19)10-2-9-27-11-8-24-14-27/h1,3-5,8,11-14,25H,2,6-7,9-10H2,(H,26,29). The van der Waals surface area contributed by atoms with Crippen LogP contribution < -0.4 is 11.0 Å². The van der Waals surface area contributed by atoms with E-state index in [1.807, 2.05) is 22.2 Å². The van der Waals surface area contributed by atoms with Crippen molar-refractivity contribution in [2.24, 2.45) is 0 Å². The highest BCUT2D eigenvalue weighted by Crippen LogP contribution is 2.29. The fourth-order valence-electron chi connectivity index (χ4n) is 3.35. The van der Waals surface area contributed by atoms with Crippen LogP contribution in [0.2, 0.25) is 5.02 Å². The Morgan fingerprint density at radius 1 is 1.27 bits per heavy atom. The maximum absolute atomic E-state index is 14.2. The number of anilines is 1. The Balaban J connectivity index is 1.59. The lowest BCUT2D eigenvalue weighted by atomic mass is 10.1. The lowest BCUT2D eigenvalue weighted by Gasteiger charge is -2.12. The number of rotatable bonds is 9. The molecule has 0 aliphatic heterocycles. The lowest BCUT2D eigenvalue weighted by Crippen LogP contribution is -2.18. The van der Waals surface area contributed by atoms with Gasteiger partial charge >= 0.3 is 5.69 Å². The molecule has 156 valence electrons. The third-order valence-electron chi connectivity index (χ3n) is 4.79. The van der Waals surface area contributed by atoms with E-state index in [0.29, 0.717) is 30.2 Å². The SMILES string of the molecule is O=c1[nH]c(NCCc2cccs2)c(-c2ccc(Cl)c(F)c2)n1CCCn1ccnc1. The van der Waals surface area contributed by atoms with E-state index in [1.165, 1.54) is 17.0 Å². The summed E-state index contributed by atoms with van der Waals surface area (Å²) in [6.07, 6.45) is 6.91. The molecule has 4 aromatic rings. The third kappa shape index (κ3) is 4.66. The van der Waals surface area contributed by atoms with Crippen LogP contribution in [0.4, 0.5) is 10.2 Å². The summed E-state index contributed by atoms with van der Waals surface area (Å²) >= 11 is 7.55. The molecular formula is C21H21ClFN5OS. The minimum atomic E-state index is -0.516. The molecule has 0 radical (unpaired) electrons. The van der Waals surface area contributed by atoms with Gasteiger partial charge in [0.05, 0.1) is 17.0 Å². The number of hydrogen-bond acceptors (Lipinski definition) is 4. The highest BCUT2D eigenvalue weighted by Gasteiger charge is 2.17. The van der Waals surface area contributed by atoms with Crippen molar-refractivity contribution in [2.75, 3.05) is 11.9 Å². The predicted octanol–water partition coefficient (Wildman–Crippen LogP) is 4.64. The first-order valence-corrected chi connectivity index (χ1v) is 10.9. The molecule has 30 heavy (non-hydrogen) atoms. The molecule has 4 rings (SSSR count). The van der Waals surface area contributed by atoms with Crippen LogP contribution >= 0.6 is 22.9 Å². The van der Waals surface area contributed by atoms with Gasteiger partial charge in [0.2, 0.25) is 0 Å². The topological polar surface area (TPSA) is 67.6 Å². The molecule has 0 spiro atoms. The van der Waals surface area contributed by atoms with Crippen molar-refractivity contribution >= 4 is 28.8 Å². The van der Waals surface area contributed by atoms with Gasteiger partial charge in [-0.05, 0) is 36.4 Å². The zero-order chi connectivity index (χ0) is 20.9. The average molecular weight is 446 g/mol. The number of benzene rings is 1. The molecule has 0 aliphatic carbocycles. The molecule has 0 atom stereocenters. The lowest BCUT2D eigenvalue weighted by molar-refractivity contribution is 0.556.